The number of ether oxygens (including phenoxy) is 2. The van der Waals surface area contributed by atoms with E-state index in [4.69, 9.17) is 19.1 Å². The predicted octanol–water partition coefficient (Wildman–Crippen LogP) is 7.94. The second-order valence-corrected chi connectivity index (χ2v) is 13.4. The second kappa shape index (κ2) is 30.6. The molecular weight excluding hydrogens is 587 g/mol. The molecule has 0 aliphatic heterocycles. The van der Waals surface area contributed by atoms with Gasteiger partial charge < -0.3 is 24.6 Å². The summed E-state index contributed by atoms with van der Waals surface area (Å²) in [6.45, 7) is 2.34. The highest BCUT2D eigenvalue weighted by Gasteiger charge is 2.27. The lowest BCUT2D eigenvalue weighted by Crippen LogP contribution is -2.29. The molecule has 0 aromatic heterocycles. The van der Waals surface area contributed by atoms with Crippen molar-refractivity contribution in [2.75, 3.05) is 26.4 Å². The quantitative estimate of drug-likeness (QED) is 0.0362. The number of carbonyl (C=O) groups excluding carboxylic acids is 2. The minimum Gasteiger partial charge on any atom is -0.462 e. The number of unbranched alkanes of at least 4 members (excludes halogenated alkanes) is 19. The summed E-state index contributed by atoms with van der Waals surface area (Å²) in [7, 11) is -4.59. The van der Waals surface area contributed by atoms with Crippen molar-refractivity contribution in [1.82, 2.24) is 0 Å². The average Bonchev–Trinajstić information content (AvgIpc) is 3.00. The van der Waals surface area contributed by atoms with E-state index in [1.165, 1.54) is 83.5 Å². The van der Waals surface area contributed by atoms with Gasteiger partial charge in [0.25, 0.3) is 0 Å². The van der Waals surface area contributed by atoms with Gasteiger partial charge in [-0.2, -0.15) is 0 Å². The zero-order valence-corrected chi connectivity index (χ0v) is 28.8. The van der Waals surface area contributed by atoms with Crippen molar-refractivity contribution in [2.45, 2.75) is 174 Å². The maximum absolute atomic E-state index is 12.5. The van der Waals surface area contributed by atoms with Crippen LogP contribution in [0, 0.1) is 0 Å². The molecular formula is C33H65O10P. The fourth-order valence-corrected chi connectivity index (χ4v) is 5.55. The number of hydrogen-bond acceptors (Lipinski definition) is 9. The van der Waals surface area contributed by atoms with Crippen LogP contribution in [0.2, 0.25) is 0 Å². The van der Waals surface area contributed by atoms with Crippen molar-refractivity contribution in [2.24, 2.45) is 0 Å². The summed E-state index contributed by atoms with van der Waals surface area (Å²) < 4.78 is 32.4. The van der Waals surface area contributed by atoms with E-state index in [2.05, 4.69) is 18.4 Å². The summed E-state index contributed by atoms with van der Waals surface area (Å²) in [4.78, 5) is 34.6. The monoisotopic (exact) mass is 652 g/mol. The third-order valence-corrected chi connectivity index (χ3v) is 8.46. The van der Waals surface area contributed by atoms with Crippen molar-refractivity contribution < 1.29 is 47.8 Å². The van der Waals surface area contributed by atoms with Crippen LogP contribution in [0.5, 0.6) is 0 Å². The Kier molecular flexibility index (Phi) is 29.9. The van der Waals surface area contributed by atoms with Crippen LogP contribution in [-0.2, 0) is 32.7 Å². The van der Waals surface area contributed by atoms with Crippen LogP contribution in [0.3, 0.4) is 0 Å². The van der Waals surface area contributed by atoms with Crippen molar-refractivity contribution in [3.8, 4) is 0 Å². The fourth-order valence-electron chi connectivity index (χ4n) is 4.76. The number of carbonyl (C=O) groups is 2. The summed E-state index contributed by atoms with van der Waals surface area (Å²) in [6.07, 6.45) is 22.3. The molecule has 0 aromatic rings. The van der Waals surface area contributed by atoms with E-state index < -0.39 is 51.8 Å². The first-order chi connectivity index (χ1) is 21.2. The largest absolute Gasteiger partial charge is 0.472 e. The first-order valence-corrected chi connectivity index (χ1v) is 19.0. The van der Waals surface area contributed by atoms with Gasteiger partial charge in [-0.3, -0.25) is 18.6 Å². The molecule has 10 nitrogen and oxygen atoms in total. The standard InChI is InChI=1S/C33H65O10P/c1-3-5-7-9-11-13-14-15-17-19-21-23-25-33(37)43-31(29-42-44(38,39)41-27-30(35)26-34)28-40-32(36)24-22-20-18-16-12-10-8-6-4-2/h30-31,34-35H,3-29H2,1-2H3,(H,38,39). The van der Waals surface area contributed by atoms with Gasteiger partial charge in [-0.1, -0.05) is 136 Å². The van der Waals surface area contributed by atoms with Crippen molar-refractivity contribution in [3.05, 3.63) is 0 Å². The molecule has 0 aliphatic rings. The van der Waals surface area contributed by atoms with Crippen LogP contribution < -0.4 is 0 Å². The van der Waals surface area contributed by atoms with Gasteiger partial charge in [0.15, 0.2) is 6.10 Å². The number of phosphoric acid groups is 1. The van der Waals surface area contributed by atoms with Crippen molar-refractivity contribution in [1.29, 1.82) is 0 Å². The van der Waals surface area contributed by atoms with E-state index in [1.807, 2.05) is 0 Å². The van der Waals surface area contributed by atoms with E-state index in [9.17, 15) is 24.2 Å². The van der Waals surface area contributed by atoms with Gasteiger partial charge in [0, 0.05) is 12.8 Å². The molecule has 3 N–H and O–H groups in total. The van der Waals surface area contributed by atoms with E-state index in [0.29, 0.717) is 12.8 Å². The third-order valence-electron chi connectivity index (χ3n) is 7.51. The van der Waals surface area contributed by atoms with Gasteiger partial charge in [0.2, 0.25) is 0 Å². The molecule has 0 spiro atoms. The van der Waals surface area contributed by atoms with E-state index in [1.54, 1.807) is 0 Å². The van der Waals surface area contributed by atoms with Gasteiger partial charge in [-0.25, -0.2) is 4.57 Å². The summed E-state index contributed by atoms with van der Waals surface area (Å²) in [6, 6.07) is 0. The van der Waals surface area contributed by atoms with Crippen molar-refractivity contribution >= 4 is 19.8 Å². The lowest BCUT2D eigenvalue weighted by molar-refractivity contribution is -0.161. The van der Waals surface area contributed by atoms with E-state index >= 15 is 0 Å². The maximum Gasteiger partial charge on any atom is 0.472 e. The molecule has 0 fully saturated rings. The zero-order chi connectivity index (χ0) is 32.7. The Bertz CT molecular complexity index is 721. The Morgan fingerprint density at radius 3 is 1.41 bits per heavy atom. The highest BCUT2D eigenvalue weighted by atomic mass is 31.2. The van der Waals surface area contributed by atoms with Crippen LogP contribution in [-0.4, -0.2) is 65.7 Å². The van der Waals surface area contributed by atoms with Gasteiger partial charge in [0.1, 0.15) is 12.7 Å². The molecule has 0 heterocycles. The molecule has 0 saturated carbocycles. The summed E-state index contributed by atoms with van der Waals surface area (Å²) in [5.41, 5.74) is 0. The Hall–Kier alpha value is -1.03. The van der Waals surface area contributed by atoms with Gasteiger partial charge in [-0.05, 0) is 12.8 Å². The molecule has 0 aromatic carbocycles. The normalized spacial score (nSPS) is 14.2. The number of aliphatic hydroxyl groups is 2. The van der Waals surface area contributed by atoms with Crippen LogP contribution in [0.25, 0.3) is 0 Å². The number of rotatable bonds is 33. The van der Waals surface area contributed by atoms with Crippen LogP contribution in [0.4, 0.5) is 0 Å². The fraction of sp³-hybridized carbons (Fsp3) is 0.939. The molecule has 0 rings (SSSR count). The lowest BCUT2D eigenvalue weighted by Gasteiger charge is -2.20. The molecule has 262 valence electrons. The number of esters is 2. The average molecular weight is 653 g/mol. The maximum atomic E-state index is 12.5. The SMILES string of the molecule is CCCCCCCCCCCCCCC(=O)OC(COC(=O)CCCCCCCCCCC)COP(=O)(O)OCC(O)CO. The summed E-state index contributed by atoms with van der Waals surface area (Å²) >= 11 is 0. The Labute approximate surface area is 267 Å². The third kappa shape index (κ3) is 29.7. The number of phosphoric ester groups is 1. The predicted molar refractivity (Wildman–Crippen MR) is 173 cm³/mol. The molecule has 0 aliphatic carbocycles. The molecule has 0 amide bonds. The molecule has 3 atom stereocenters. The molecule has 0 saturated heterocycles. The molecule has 11 heteroatoms. The zero-order valence-electron chi connectivity index (χ0n) is 27.9. The topological polar surface area (TPSA) is 149 Å². The van der Waals surface area contributed by atoms with Gasteiger partial charge >= 0.3 is 19.8 Å². The van der Waals surface area contributed by atoms with Gasteiger partial charge in [0.05, 0.1) is 19.8 Å². The van der Waals surface area contributed by atoms with E-state index in [-0.39, 0.29) is 19.4 Å². The minimum absolute atomic E-state index is 0.191. The van der Waals surface area contributed by atoms with Crippen LogP contribution in [0.1, 0.15) is 162 Å². The van der Waals surface area contributed by atoms with E-state index in [0.717, 1.165) is 38.5 Å². The summed E-state index contributed by atoms with van der Waals surface area (Å²) in [5.74, 6) is -0.922. The molecule has 3 unspecified atom stereocenters. The smallest absolute Gasteiger partial charge is 0.462 e. The van der Waals surface area contributed by atoms with Gasteiger partial charge in [-0.15, -0.1) is 0 Å². The van der Waals surface area contributed by atoms with Crippen LogP contribution in [0.15, 0.2) is 0 Å². The van der Waals surface area contributed by atoms with Crippen molar-refractivity contribution in [3.63, 3.8) is 0 Å². The minimum atomic E-state index is -4.59. The van der Waals surface area contributed by atoms with Crippen LogP contribution >= 0.6 is 7.82 Å². The first-order valence-electron chi connectivity index (χ1n) is 17.5. The first kappa shape index (κ1) is 43.0. The molecule has 0 bridgehead atoms. The Balaban J connectivity index is 4.40. The number of hydrogen-bond donors (Lipinski definition) is 3. The molecule has 44 heavy (non-hydrogen) atoms. The second-order valence-electron chi connectivity index (χ2n) is 11.9. The lowest BCUT2D eigenvalue weighted by atomic mass is 10.0. The molecule has 0 radical (unpaired) electrons. The highest BCUT2D eigenvalue weighted by molar-refractivity contribution is 7.47. The summed E-state index contributed by atoms with van der Waals surface area (Å²) in [5, 5.41) is 18.2. The Morgan fingerprint density at radius 1 is 0.591 bits per heavy atom. The Morgan fingerprint density at radius 2 is 0.977 bits per heavy atom. The highest BCUT2D eigenvalue weighted by Crippen LogP contribution is 2.43. The number of aliphatic hydroxyl groups excluding tert-OH is 2.